The summed E-state index contributed by atoms with van der Waals surface area (Å²) in [6.07, 6.45) is 3.16. The first-order valence-electron chi connectivity index (χ1n) is 7.49. The zero-order valence-electron chi connectivity index (χ0n) is 13.9. The van der Waals surface area contributed by atoms with E-state index >= 15 is 0 Å². The third kappa shape index (κ3) is 5.21. The molecule has 0 aliphatic carbocycles. The molecule has 0 saturated heterocycles. The van der Waals surface area contributed by atoms with E-state index in [-0.39, 0.29) is 11.0 Å². The fourth-order valence-corrected chi connectivity index (χ4v) is 2.28. The summed E-state index contributed by atoms with van der Waals surface area (Å²) in [7, 11) is 1.61. The Kier molecular flexibility index (Phi) is 6.09. The van der Waals surface area contributed by atoms with Crippen molar-refractivity contribution in [1.29, 1.82) is 0 Å². The van der Waals surface area contributed by atoms with Crippen LogP contribution in [0.5, 0.6) is 5.75 Å². The number of carbonyl (C=O) groups is 1. The van der Waals surface area contributed by atoms with Gasteiger partial charge in [-0.3, -0.25) is 10.1 Å². The fourth-order valence-electron chi connectivity index (χ4n) is 2.06. The van der Waals surface area contributed by atoms with Gasteiger partial charge in [-0.25, -0.2) is 0 Å². The van der Waals surface area contributed by atoms with Crippen LogP contribution in [0.1, 0.15) is 16.7 Å². The third-order valence-electron chi connectivity index (χ3n) is 3.42. The zero-order valence-corrected chi connectivity index (χ0v) is 14.7. The second-order valence-corrected chi connectivity index (χ2v) is 5.78. The Morgan fingerprint density at radius 3 is 2.50 bits per heavy atom. The molecule has 2 aromatic carbocycles. The van der Waals surface area contributed by atoms with Gasteiger partial charge in [0.1, 0.15) is 5.75 Å². The Hall–Kier alpha value is -2.66. The molecule has 24 heavy (non-hydrogen) atoms. The number of aryl methyl sites for hydroxylation is 2. The van der Waals surface area contributed by atoms with E-state index in [9.17, 15) is 4.79 Å². The molecule has 0 aliphatic heterocycles. The molecule has 1 amide bonds. The molecule has 2 aromatic rings. The molecule has 0 fully saturated rings. The van der Waals surface area contributed by atoms with E-state index in [0.717, 1.165) is 28.1 Å². The second-order valence-electron chi connectivity index (χ2n) is 5.37. The number of methoxy groups -OCH3 is 1. The van der Waals surface area contributed by atoms with Gasteiger partial charge in [0.25, 0.3) is 0 Å². The van der Waals surface area contributed by atoms with Crippen LogP contribution in [-0.4, -0.2) is 18.1 Å². The lowest BCUT2D eigenvalue weighted by molar-refractivity contribution is -0.115. The van der Waals surface area contributed by atoms with Gasteiger partial charge < -0.3 is 10.1 Å². The van der Waals surface area contributed by atoms with Crippen molar-refractivity contribution in [3.05, 3.63) is 65.2 Å². The quantitative estimate of drug-likeness (QED) is 0.656. The average Bonchev–Trinajstić information content (AvgIpc) is 2.56. The Labute approximate surface area is 147 Å². The predicted molar refractivity (Wildman–Crippen MR) is 102 cm³/mol. The molecule has 0 saturated carbocycles. The first-order valence-corrected chi connectivity index (χ1v) is 7.90. The van der Waals surface area contributed by atoms with Gasteiger partial charge in [-0.2, -0.15) is 0 Å². The van der Waals surface area contributed by atoms with Gasteiger partial charge in [-0.15, -0.1) is 0 Å². The molecule has 0 unspecified atom stereocenters. The highest BCUT2D eigenvalue weighted by Crippen LogP contribution is 2.16. The maximum atomic E-state index is 11.9. The second kappa shape index (κ2) is 8.26. The maximum Gasteiger partial charge on any atom is 0.250 e. The normalized spacial score (nSPS) is 10.5. The van der Waals surface area contributed by atoms with Crippen molar-refractivity contribution < 1.29 is 9.53 Å². The Morgan fingerprint density at radius 1 is 1.12 bits per heavy atom. The number of hydrogen-bond donors (Lipinski definition) is 2. The minimum absolute atomic E-state index is 0.271. The molecule has 2 rings (SSSR count). The first-order chi connectivity index (χ1) is 11.5. The molecule has 0 bridgehead atoms. The molecule has 0 radical (unpaired) electrons. The van der Waals surface area contributed by atoms with E-state index in [2.05, 4.69) is 10.6 Å². The van der Waals surface area contributed by atoms with Crippen LogP contribution in [0.3, 0.4) is 0 Å². The Bertz CT molecular complexity index is 767. The minimum atomic E-state index is -0.284. The number of benzene rings is 2. The number of nitrogens with one attached hydrogen (secondary N) is 2. The number of carbonyl (C=O) groups excluding carboxylic acids is 1. The lowest BCUT2D eigenvalue weighted by atomic mass is 10.1. The summed E-state index contributed by atoms with van der Waals surface area (Å²) in [5.41, 5.74) is 3.97. The summed E-state index contributed by atoms with van der Waals surface area (Å²) < 4.78 is 5.09. The molecular weight excluding hydrogens is 320 g/mol. The van der Waals surface area contributed by atoms with E-state index in [0.29, 0.717) is 0 Å². The van der Waals surface area contributed by atoms with Gasteiger partial charge in [0.15, 0.2) is 5.11 Å². The topological polar surface area (TPSA) is 50.4 Å². The monoisotopic (exact) mass is 340 g/mol. The van der Waals surface area contributed by atoms with Crippen molar-refractivity contribution in [2.45, 2.75) is 13.8 Å². The van der Waals surface area contributed by atoms with Crippen molar-refractivity contribution >= 4 is 35.0 Å². The number of rotatable bonds is 4. The van der Waals surface area contributed by atoms with E-state index in [1.807, 2.05) is 56.3 Å². The highest BCUT2D eigenvalue weighted by Gasteiger charge is 2.04. The molecular formula is C19H20N2O2S. The largest absolute Gasteiger partial charge is 0.497 e. The van der Waals surface area contributed by atoms with Crippen LogP contribution in [0.4, 0.5) is 5.69 Å². The van der Waals surface area contributed by atoms with E-state index in [1.165, 1.54) is 6.08 Å². The third-order valence-corrected chi connectivity index (χ3v) is 3.63. The maximum absolute atomic E-state index is 11.9. The van der Waals surface area contributed by atoms with Gasteiger partial charge in [0.2, 0.25) is 5.91 Å². The van der Waals surface area contributed by atoms with Crippen LogP contribution >= 0.6 is 12.2 Å². The zero-order chi connectivity index (χ0) is 17.5. The molecule has 0 spiro atoms. The van der Waals surface area contributed by atoms with Crippen LogP contribution in [-0.2, 0) is 4.79 Å². The van der Waals surface area contributed by atoms with Crippen LogP contribution in [0.15, 0.2) is 48.5 Å². The summed E-state index contributed by atoms with van der Waals surface area (Å²) >= 11 is 5.19. The molecule has 0 aromatic heterocycles. The molecule has 5 heteroatoms. The fraction of sp³-hybridized carbons (Fsp3) is 0.158. The lowest BCUT2D eigenvalue weighted by Gasteiger charge is -2.11. The number of hydrogen-bond acceptors (Lipinski definition) is 3. The van der Waals surface area contributed by atoms with Gasteiger partial charge in [-0.1, -0.05) is 24.3 Å². The molecule has 0 aliphatic rings. The lowest BCUT2D eigenvalue weighted by Crippen LogP contribution is -2.33. The highest BCUT2D eigenvalue weighted by molar-refractivity contribution is 7.80. The smallest absolute Gasteiger partial charge is 0.250 e. The minimum Gasteiger partial charge on any atom is -0.497 e. The van der Waals surface area contributed by atoms with Crippen molar-refractivity contribution in [3.8, 4) is 5.75 Å². The number of ether oxygens (including phenoxy) is 1. The highest BCUT2D eigenvalue weighted by atomic mass is 32.1. The molecule has 124 valence electrons. The van der Waals surface area contributed by atoms with Crippen molar-refractivity contribution in [3.63, 3.8) is 0 Å². The van der Waals surface area contributed by atoms with Crippen LogP contribution in [0, 0.1) is 13.8 Å². The van der Waals surface area contributed by atoms with E-state index in [1.54, 1.807) is 13.2 Å². The van der Waals surface area contributed by atoms with Crippen molar-refractivity contribution in [2.24, 2.45) is 0 Å². The van der Waals surface area contributed by atoms with Crippen LogP contribution in [0.2, 0.25) is 0 Å². The summed E-state index contributed by atoms with van der Waals surface area (Å²) in [5, 5.41) is 5.95. The standard InChI is InChI=1S/C19H20N2O2S/c1-13-4-5-14(2)17(12-13)20-19(24)21-18(22)11-8-15-6-9-16(23-3)10-7-15/h4-12H,1-3H3,(H2,20,21,22,24)/b11-8+. The Balaban J connectivity index is 1.92. The predicted octanol–water partition coefficient (Wildman–Crippen LogP) is 3.84. The number of thiocarbonyl (C=S) groups is 1. The van der Waals surface area contributed by atoms with Crippen LogP contribution in [0.25, 0.3) is 6.08 Å². The SMILES string of the molecule is COc1ccc(/C=C/C(=O)NC(=S)Nc2cc(C)ccc2C)cc1. The molecule has 2 N–H and O–H groups in total. The van der Waals surface area contributed by atoms with Gasteiger partial charge in [-0.05, 0) is 67.0 Å². The summed E-state index contributed by atoms with van der Waals surface area (Å²) in [5.74, 6) is 0.490. The van der Waals surface area contributed by atoms with Gasteiger partial charge >= 0.3 is 0 Å². The summed E-state index contributed by atoms with van der Waals surface area (Å²) in [4.78, 5) is 11.9. The van der Waals surface area contributed by atoms with E-state index < -0.39 is 0 Å². The average molecular weight is 340 g/mol. The molecule has 0 heterocycles. The Morgan fingerprint density at radius 2 is 1.83 bits per heavy atom. The first kappa shape index (κ1) is 17.7. The number of amides is 1. The van der Waals surface area contributed by atoms with Gasteiger partial charge in [0.05, 0.1) is 7.11 Å². The number of anilines is 1. The molecule has 0 atom stereocenters. The van der Waals surface area contributed by atoms with Crippen LogP contribution < -0.4 is 15.4 Å². The summed E-state index contributed by atoms with van der Waals surface area (Å²) in [6.45, 7) is 3.99. The van der Waals surface area contributed by atoms with Gasteiger partial charge in [0, 0.05) is 11.8 Å². The van der Waals surface area contributed by atoms with Crippen molar-refractivity contribution in [2.75, 3.05) is 12.4 Å². The van der Waals surface area contributed by atoms with Crippen molar-refractivity contribution in [1.82, 2.24) is 5.32 Å². The molecule has 4 nitrogen and oxygen atoms in total. The van der Waals surface area contributed by atoms with E-state index in [4.69, 9.17) is 17.0 Å². The summed E-state index contributed by atoms with van der Waals surface area (Å²) in [6, 6.07) is 13.4.